The third kappa shape index (κ3) is 5.22. The average Bonchev–Trinajstić information content (AvgIpc) is 1.89. The summed E-state index contributed by atoms with van der Waals surface area (Å²) < 4.78 is 0. The van der Waals surface area contributed by atoms with Crippen molar-refractivity contribution < 1.29 is 93.2 Å². The van der Waals surface area contributed by atoms with Crippen molar-refractivity contribution in [2.24, 2.45) is 0 Å². The summed E-state index contributed by atoms with van der Waals surface area (Å²) in [6.45, 7) is -0.0420. The summed E-state index contributed by atoms with van der Waals surface area (Å²) in [6.07, 6.45) is 0. The molecule has 0 aliphatic rings. The van der Waals surface area contributed by atoms with Crippen LogP contribution in [0.15, 0.2) is 24.3 Å². The quantitative estimate of drug-likeness (QED) is 0.546. The molecule has 0 fully saturated rings. The van der Waals surface area contributed by atoms with Gasteiger partial charge in [0.2, 0.25) is 0 Å². The fourth-order valence-corrected chi connectivity index (χ4v) is 0.658. The Morgan fingerprint density at radius 1 is 1.18 bits per heavy atom. The van der Waals surface area contributed by atoms with Crippen LogP contribution in [0.1, 0.15) is 5.56 Å². The predicted molar refractivity (Wildman–Crippen MR) is 36.3 cm³/mol. The second-order valence-corrected chi connectivity index (χ2v) is 1.82. The van der Waals surface area contributed by atoms with Crippen LogP contribution in [0.5, 0.6) is 0 Å². The van der Waals surface area contributed by atoms with E-state index in [4.69, 9.17) is 10.8 Å². The first kappa shape index (κ1) is 15.3. The first-order valence-electron chi connectivity index (χ1n) is 2.75. The zero-order valence-corrected chi connectivity index (χ0v) is 15.6. The van der Waals surface area contributed by atoms with E-state index < -0.39 is 0 Å². The Morgan fingerprint density at radius 3 is 2.09 bits per heavy atom. The van der Waals surface area contributed by atoms with Crippen molar-refractivity contribution in [1.29, 1.82) is 0 Å². The smallest absolute Gasteiger partial charge is 0.0669 e. The third-order valence-corrected chi connectivity index (χ3v) is 1.19. The predicted octanol–water partition coefficient (Wildman–Crippen LogP) is 1.86. The van der Waals surface area contributed by atoms with E-state index >= 15 is 0 Å². The normalized spacial score (nSPS) is 7.73. The van der Waals surface area contributed by atoms with Gasteiger partial charge in [-0.15, -0.1) is 5.69 Å². The number of aliphatic hydroxyl groups is 1. The van der Waals surface area contributed by atoms with Crippen molar-refractivity contribution in [2.75, 3.05) is 0 Å². The summed E-state index contributed by atoms with van der Waals surface area (Å²) in [5.41, 5.74) is 8.29. The van der Waals surface area contributed by atoms with Crippen LogP contribution in [-0.4, -0.2) is 5.11 Å². The van der Waals surface area contributed by atoms with E-state index in [0.717, 1.165) is 0 Å². The van der Waals surface area contributed by atoms with Crippen LogP contribution >= 0.6 is 0 Å². The second kappa shape index (κ2) is 8.46. The summed E-state index contributed by atoms with van der Waals surface area (Å²) >= 11 is 0. The van der Waals surface area contributed by atoms with Gasteiger partial charge in [-0.1, -0.05) is 24.3 Å². The fraction of sp³-hybridized carbons (Fsp3) is 0.143. The standard InChI is InChI=1S/C7H8NO.2Ac/c8-7-4-2-1-3-6(7)5-9;;/h1-4,8-9H,5H2;;/q-1;;. The van der Waals surface area contributed by atoms with E-state index in [1.54, 1.807) is 18.2 Å². The van der Waals surface area contributed by atoms with Crippen molar-refractivity contribution in [3.05, 3.63) is 35.6 Å². The zero-order chi connectivity index (χ0) is 6.69. The van der Waals surface area contributed by atoms with Gasteiger partial charge < -0.3 is 10.8 Å². The molecule has 0 amide bonds. The molecule has 0 aliphatic carbocycles. The molecule has 0 saturated heterocycles. The van der Waals surface area contributed by atoms with E-state index in [9.17, 15) is 0 Å². The summed E-state index contributed by atoms with van der Waals surface area (Å²) in [5, 5.41) is 8.60. The molecule has 2 nitrogen and oxygen atoms in total. The summed E-state index contributed by atoms with van der Waals surface area (Å²) in [7, 11) is 0. The molecular formula is C7H8Ac2NO-. The monoisotopic (exact) mass is 576 g/mol. The van der Waals surface area contributed by atoms with Gasteiger partial charge in [-0.25, -0.2) is 0 Å². The Bertz CT molecular complexity index is 205. The van der Waals surface area contributed by atoms with Crippen molar-refractivity contribution in [3.8, 4) is 0 Å². The molecule has 0 aliphatic heterocycles. The number of nitrogens with one attached hydrogen (secondary N) is 1. The zero-order valence-electron chi connectivity index (χ0n) is 6.12. The number of benzene rings is 1. The minimum absolute atomic E-state index is 0. The minimum atomic E-state index is -0.0420. The SMILES string of the molecule is [Ac].[Ac].[NH-]c1ccccc1CO. The summed E-state index contributed by atoms with van der Waals surface area (Å²) in [5.74, 6) is 0. The number of hydrogen-bond donors (Lipinski definition) is 1. The largest absolute Gasteiger partial charge is 0.698 e. The van der Waals surface area contributed by atoms with Gasteiger partial charge in [0.15, 0.2) is 0 Å². The molecule has 0 aromatic heterocycles. The molecule has 0 bridgehead atoms. The Kier molecular flexibility index (Phi) is 11.8. The van der Waals surface area contributed by atoms with Gasteiger partial charge in [-0.3, -0.25) is 0 Å². The Morgan fingerprint density at radius 2 is 1.73 bits per heavy atom. The molecule has 1 rings (SSSR count). The first-order chi connectivity index (χ1) is 4.34. The van der Waals surface area contributed by atoms with E-state index in [2.05, 4.69) is 0 Å². The molecule has 54 valence electrons. The topological polar surface area (TPSA) is 44.0 Å². The van der Waals surface area contributed by atoms with Crippen LogP contribution < -0.4 is 0 Å². The molecule has 0 heterocycles. The Balaban J connectivity index is 0. The maximum atomic E-state index is 8.60. The van der Waals surface area contributed by atoms with Gasteiger partial charge >= 0.3 is 0 Å². The first-order valence-corrected chi connectivity index (χ1v) is 2.75. The molecule has 0 saturated carbocycles. The number of rotatable bonds is 1. The molecule has 11 heavy (non-hydrogen) atoms. The molecule has 1 aromatic carbocycles. The molecular weight excluding hydrogens is 568 g/mol. The molecule has 1 aromatic rings. The van der Waals surface area contributed by atoms with Crippen LogP contribution in [0, 0.1) is 88.1 Å². The van der Waals surface area contributed by atoms with Crippen molar-refractivity contribution in [2.45, 2.75) is 6.61 Å². The van der Waals surface area contributed by atoms with E-state index in [0.29, 0.717) is 11.3 Å². The van der Waals surface area contributed by atoms with Crippen LogP contribution in [-0.2, 0) is 6.61 Å². The minimum Gasteiger partial charge on any atom is -0.698 e. The van der Waals surface area contributed by atoms with Crippen LogP contribution in [0.2, 0.25) is 0 Å². The van der Waals surface area contributed by atoms with Gasteiger partial charge in [0.25, 0.3) is 0 Å². The maximum Gasteiger partial charge on any atom is 0.0669 e. The van der Waals surface area contributed by atoms with Gasteiger partial charge in [-0.05, 0) is 5.56 Å². The van der Waals surface area contributed by atoms with E-state index in [-0.39, 0.29) is 94.7 Å². The number of hydrogen-bond acceptors (Lipinski definition) is 1. The van der Waals surface area contributed by atoms with Gasteiger partial charge in [0.1, 0.15) is 0 Å². The van der Waals surface area contributed by atoms with E-state index in [1.807, 2.05) is 6.07 Å². The van der Waals surface area contributed by atoms with Gasteiger partial charge in [-0.2, -0.15) is 0 Å². The number of aliphatic hydroxyl groups excluding tert-OH is 1. The molecule has 0 atom stereocenters. The van der Waals surface area contributed by atoms with Gasteiger partial charge in [0, 0.05) is 88.1 Å². The van der Waals surface area contributed by atoms with Crippen LogP contribution in [0.25, 0.3) is 5.73 Å². The molecule has 2 N–H and O–H groups in total. The van der Waals surface area contributed by atoms with Crippen molar-refractivity contribution >= 4 is 5.69 Å². The Labute approximate surface area is 138 Å². The third-order valence-electron chi connectivity index (χ3n) is 1.19. The van der Waals surface area contributed by atoms with Gasteiger partial charge in [0.05, 0.1) is 6.61 Å². The van der Waals surface area contributed by atoms with Crippen molar-refractivity contribution in [1.82, 2.24) is 0 Å². The molecule has 2 radical (unpaired) electrons. The second-order valence-electron chi connectivity index (χ2n) is 1.82. The average molecular weight is 576 g/mol. The van der Waals surface area contributed by atoms with E-state index in [1.165, 1.54) is 0 Å². The van der Waals surface area contributed by atoms with Crippen LogP contribution in [0.4, 0.5) is 5.69 Å². The molecule has 0 spiro atoms. The fourth-order valence-electron chi connectivity index (χ4n) is 0.658. The summed E-state index contributed by atoms with van der Waals surface area (Å²) in [6, 6.07) is 6.99. The van der Waals surface area contributed by atoms with Crippen LogP contribution in [0.3, 0.4) is 0 Å². The summed E-state index contributed by atoms with van der Waals surface area (Å²) in [4.78, 5) is 0. The molecule has 4 heteroatoms. The molecule has 0 unspecified atom stereocenters. The Hall–Kier alpha value is 1.86. The van der Waals surface area contributed by atoms with Crippen molar-refractivity contribution in [3.63, 3.8) is 0 Å². The maximum absolute atomic E-state index is 8.60.